The SMILES string of the molecule is CC(O)[C@@H](C)[C@]1(C)C=C[C@]1(C)F. The molecule has 0 amide bonds. The van der Waals surface area contributed by atoms with Crippen LogP contribution >= 0.6 is 0 Å². The van der Waals surface area contributed by atoms with Gasteiger partial charge in [-0.15, -0.1) is 0 Å². The van der Waals surface area contributed by atoms with Crippen molar-refractivity contribution in [1.82, 2.24) is 0 Å². The van der Waals surface area contributed by atoms with Crippen molar-refractivity contribution in [2.45, 2.75) is 39.5 Å². The maximum atomic E-state index is 13.7. The molecule has 1 rings (SSSR count). The van der Waals surface area contributed by atoms with Gasteiger partial charge < -0.3 is 5.11 Å². The number of hydrogen-bond donors (Lipinski definition) is 1. The Labute approximate surface area is 73.3 Å². The lowest BCUT2D eigenvalue weighted by Crippen LogP contribution is -2.51. The van der Waals surface area contributed by atoms with Crippen molar-refractivity contribution >= 4 is 0 Å². The largest absolute Gasteiger partial charge is 0.393 e. The highest BCUT2D eigenvalue weighted by Gasteiger charge is 2.52. The number of hydrogen-bond acceptors (Lipinski definition) is 1. The highest BCUT2D eigenvalue weighted by Crippen LogP contribution is 2.51. The maximum absolute atomic E-state index is 13.7. The molecule has 4 atom stereocenters. The third-order valence-corrected chi connectivity index (χ3v) is 3.47. The first-order valence-corrected chi connectivity index (χ1v) is 4.38. The van der Waals surface area contributed by atoms with Gasteiger partial charge in [-0.3, -0.25) is 0 Å². The topological polar surface area (TPSA) is 20.2 Å². The summed E-state index contributed by atoms with van der Waals surface area (Å²) in [7, 11) is 0. The summed E-state index contributed by atoms with van der Waals surface area (Å²) in [6.45, 7) is 7.00. The first-order valence-electron chi connectivity index (χ1n) is 4.38. The molecule has 0 bridgehead atoms. The van der Waals surface area contributed by atoms with E-state index < -0.39 is 17.2 Å². The summed E-state index contributed by atoms with van der Waals surface area (Å²) in [6.07, 6.45) is 2.95. The molecule has 0 heterocycles. The van der Waals surface area contributed by atoms with Crippen LogP contribution in [0.25, 0.3) is 0 Å². The lowest BCUT2D eigenvalue weighted by atomic mass is 9.59. The zero-order valence-electron chi connectivity index (χ0n) is 8.13. The summed E-state index contributed by atoms with van der Waals surface area (Å²) >= 11 is 0. The fourth-order valence-corrected chi connectivity index (χ4v) is 1.67. The molecule has 0 aliphatic heterocycles. The van der Waals surface area contributed by atoms with Crippen molar-refractivity contribution in [3.8, 4) is 0 Å². The molecule has 1 aliphatic carbocycles. The van der Waals surface area contributed by atoms with Crippen molar-refractivity contribution in [3.05, 3.63) is 12.2 Å². The van der Waals surface area contributed by atoms with Gasteiger partial charge in [0.05, 0.1) is 6.10 Å². The van der Waals surface area contributed by atoms with Gasteiger partial charge in [0.25, 0.3) is 0 Å². The quantitative estimate of drug-likeness (QED) is 0.634. The number of rotatable bonds is 2. The molecule has 1 aliphatic rings. The van der Waals surface area contributed by atoms with E-state index in [1.54, 1.807) is 19.9 Å². The third-order valence-electron chi connectivity index (χ3n) is 3.47. The molecule has 2 heteroatoms. The molecule has 0 fully saturated rings. The van der Waals surface area contributed by atoms with Crippen LogP contribution in [0.15, 0.2) is 12.2 Å². The smallest absolute Gasteiger partial charge is 0.135 e. The molecule has 0 saturated carbocycles. The summed E-state index contributed by atoms with van der Waals surface area (Å²) in [5.74, 6) is -0.0440. The zero-order valence-corrected chi connectivity index (χ0v) is 8.13. The van der Waals surface area contributed by atoms with Gasteiger partial charge in [0.15, 0.2) is 0 Å². The van der Waals surface area contributed by atoms with Crippen LogP contribution in [0, 0.1) is 11.3 Å². The number of alkyl halides is 1. The van der Waals surface area contributed by atoms with Crippen LogP contribution in [-0.2, 0) is 0 Å². The second kappa shape index (κ2) is 2.56. The van der Waals surface area contributed by atoms with Crippen LogP contribution in [0.2, 0.25) is 0 Å². The van der Waals surface area contributed by atoms with E-state index in [0.29, 0.717) is 0 Å². The Kier molecular flexibility index (Phi) is 2.07. The summed E-state index contributed by atoms with van der Waals surface area (Å²) in [5, 5.41) is 9.35. The Morgan fingerprint density at radius 2 is 1.75 bits per heavy atom. The maximum Gasteiger partial charge on any atom is 0.135 e. The number of aliphatic hydroxyl groups is 1. The van der Waals surface area contributed by atoms with Crippen molar-refractivity contribution in [2.75, 3.05) is 0 Å². The lowest BCUT2D eigenvalue weighted by Gasteiger charge is -2.49. The second-order valence-corrected chi connectivity index (χ2v) is 4.22. The molecule has 1 nitrogen and oxygen atoms in total. The fraction of sp³-hybridized carbons (Fsp3) is 0.800. The minimum atomic E-state index is -1.26. The van der Waals surface area contributed by atoms with Crippen LogP contribution in [-0.4, -0.2) is 16.9 Å². The molecular formula is C10H17FO. The van der Waals surface area contributed by atoms with Crippen LogP contribution in [0.4, 0.5) is 4.39 Å². The Bertz CT molecular complexity index is 208. The van der Waals surface area contributed by atoms with Crippen LogP contribution < -0.4 is 0 Å². The average Bonchev–Trinajstić information content (AvgIpc) is 1.99. The first-order chi connectivity index (χ1) is 5.31. The monoisotopic (exact) mass is 172 g/mol. The van der Waals surface area contributed by atoms with Crippen LogP contribution in [0.5, 0.6) is 0 Å². The molecule has 0 aromatic heterocycles. The van der Waals surface area contributed by atoms with E-state index in [0.717, 1.165) is 0 Å². The Balaban J connectivity index is 2.82. The number of allylic oxidation sites excluding steroid dienone is 2. The standard InChI is InChI=1S/C10H17FO/c1-7(8(2)12)9(3)5-6-10(9,4)11/h5-8,12H,1-4H3/t7-,8?,9+,10+/m1/s1. The molecule has 0 aromatic carbocycles. The van der Waals surface area contributed by atoms with Crippen molar-refractivity contribution < 1.29 is 9.50 Å². The zero-order chi connectivity index (χ0) is 9.57. The summed E-state index contributed by atoms with van der Waals surface area (Å²) in [6, 6.07) is 0. The van der Waals surface area contributed by atoms with E-state index in [1.807, 2.05) is 19.9 Å². The second-order valence-electron chi connectivity index (χ2n) is 4.22. The van der Waals surface area contributed by atoms with E-state index in [9.17, 15) is 9.50 Å². The van der Waals surface area contributed by atoms with Gasteiger partial charge >= 0.3 is 0 Å². The summed E-state index contributed by atoms with van der Waals surface area (Å²) in [4.78, 5) is 0. The van der Waals surface area contributed by atoms with Gasteiger partial charge in [0, 0.05) is 5.41 Å². The average molecular weight is 172 g/mol. The molecule has 0 spiro atoms. The number of aliphatic hydroxyl groups excluding tert-OH is 1. The van der Waals surface area contributed by atoms with Gasteiger partial charge in [-0.1, -0.05) is 26.0 Å². The summed E-state index contributed by atoms with van der Waals surface area (Å²) in [5.41, 5.74) is -1.76. The molecular weight excluding hydrogens is 155 g/mol. The predicted octanol–water partition coefficient (Wildman–Crippen LogP) is 2.31. The Hall–Kier alpha value is -0.370. The van der Waals surface area contributed by atoms with Gasteiger partial charge in [-0.05, 0) is 19.8 Å². The molecule has 0 aromatic rings. The Morgan fingerprint density at radius 1 is 1.25 bits per heavy atom. The van der Waals surface area contributed by atoms with Crippen LogP contribution in [0.3, 0.4) is 0 Å². The van der Waals surface area contributed by atoms with E-state index >= 15 is 0 Å². The minimum absolute atomic E-state index is 0.0440. The highest BCUT2D eigenvalue weighted by atomic mass is 19.1. The van der Waals surface area contributed by atoms with Gasteiger partial charge in [0.1, 0.15) is 5.67 Å². The van der Waals surface area contributed by atoms with E-state index in [-0.39, 0.29) is 5.92 Å². The highest BCUT2D eigenvalue weighted by molar-refractivity contribution is 5.27. The van der Waals surface area contributed by atoms with Gasteiger partial charge in [-0.2, -0.15) is 0 Å². The molecule has 0 radical (unpaired) electrons. The van der Waals surface area contributed by atoms with Crippen molar-refractivity contribution in [3.63, 3.8) is 0 Å². The Morgan fingerprint density at radius 3 is 1.83 bits per heavy atom. The number of halogens is 1. The minimum Gasteiger partial charge on any atom is -0.393 e. The van der Waals surface area contributed by atoms with Gasteiger partial charge in [-0.25, -0.2) is 4.39 Å². The van der Waals surface area contributed by atoms with E-state index in [1.165, 1.54) is 0 Å². The van der Waals surface area contributed by atoms with Crippen molar-refractivity contribution in [2.24, 2.45) is 11.3 Å². The molecule has 1 N–H and O–H groups in total. The molecule has 12 heavy (non-hydrogen) atoms. The van der Waals surface area contributed by atoms with Crippen LogP contribution in [0.1, 0.15) is 27.7 Å². The third kappa shape index (κ3) is 1.09. The predicted molar refractivity (Wildman–Crippen MR) is 47.6 cm³/mol. The molecule has 70 valence electrons. The first kappa shape index (κ1) is 9.72. The van der Waals surface area contributed by atoms with Crippen molar-refractivity contribution in [1.29, 1.82) is 0 Å². The van der Waals surface area contributed by atoms with E-state index in [2.05, 4.69) is 0 Å². The van der Waals surface area contributed by atoms with Gasteiger partial charge in [0.2, 0.25) is 0 Å². The van der Waals surface area contributed by atoms with E-state index in [4.69, 9.17) is 0 Å². The fourth-order valence-electron chi connectivity index (χ4n) is 1.67. The normalized spacial score (nSPS) is 45.2. The molecule has 1 unspecified atom stereocenters. The molecule has 0 saturated heterocycles. The summed E-state index contributed by atoms with van der Waals surface area (Å²) < 4.78 is 13.7. The lowest BCUT2D eigenvalue weighted by molar-refractivity contribution is -0.0240.